The zero-order valence-electron chi connectivity index (χ0n) is 20.2. The molecule has 3 heterocycles. The van der Waals surface area contributed by atoms with Crippen LogP contribution in [-0.4, -0.2) is 66.4 Å². The van der Waals surface area contributed by atoms with Gasteiger partial charge in [-0.05, 0) is 36.8 Å². The van der Waals surface area contributed by atoms with E-state index >= 15 is 0 Å². The van der Waals surface area contributed by atoms with Gasteiger partial charge in [-0.15, -0.1) is 0 Å². The maximum atomic E-state index is 13.7. The standard InChI is InChI=1S/C28H29N3O5/c1-19-11-12-25(36-19)24(30-13-15-35-16-14-30)18-29-26(32)23(17-20-7-3-2-4-8-20)31-27(33)21-9-5-6-10-22(21)28(31)34/h2-12,23-24H,13-18H2,1H3,(H,29,32)/t23-,24?/m0/s1. The van der Waals surface area contributed by atoms with Gasteiger partial charge in [0.25, 0.3) is 11.8 Å². The molecule has 186 valence electrons. The van der Waals surface area contributed by atoms with Crippen LogP contribution in [0.4, 0.5) is 0 Å². The SMILES string of the molecule is Cc1ccc(C(CNC(=O)[C@H](Cc2ccccc2)N2C(=O)c3ccccc3C2=O)N2CCOCC2)o1. The number of fused-ring (bicyclic) bond motifs is 1. The van der Waals surface area contributed by atoms with Crippen LogP contribution in [0.1, 0.15) is 43.8 Å². The molecule has 0 radical (unpaired) electrons. The van der Waals surface area contributed by atoms with E-state index in [2.05, 4.69) is 10.2 Å². The Hall–Kier alpha value is -3.75. The van der Waals surface area contributed by atoms with E-state index in [1.165, 1.54) is 0 Å². The molecule has 1 fully saturated rings. The number of nitrogens with zero attached hydrogens (tertiary/aromatic N) is 2. The highest BCUT2D eigenvalue weighted by Gasteiger charge is 2.43. The van der Waals surface area contributed by atoms with Crippen molar-refractivity contribution < 1.29 is 23.5 Å². The lowest BCUT2D eigenvalue weighted by Crippen LogP contribution is -2.52. The number of carbonyl (C=O) groups excluding carboxylic acids is 3. The summed E-state index contributed by atoms with van der Waals surface area (Å²) < 4.78 is 11.4. The Kier molecular flexibility index (Phi) is 6.97. The molecular weight excluding hydrogens is 458 g/mol. The third kappa shape index (κ3) is 4.82. The summed E-state index contributed by atoms with van der Waals surface area (Å²) in [6.07, 6.45) is 0.222. The van der Waals surface area contributed by atoms with E-state index in [1.54, 1.807) is 24.3 Å². The van der Waals surface area contributed by atoms with E-state index in [-0.39, 0.29) is 24.9 Å². The highest BCUT2D eigenvalue weighted by Crippen LogP contribution is 2.27. The molecule has 1 saturated heterocycles. The summed E-state index contributed by atoms with van der Waals surface area (Å²) in [5, 5.41) is 3.03. The Morgan fingerprint density at radius 1 is 0.917 bits per heavy atom. The molecule has 2 aromatic carbocycles. The minimum absolute atomic E-state index is 0.189. The monoisotopic (exact) mass is 487 g/mol. The Labute approximate surface area is 209 Å². The second kappa shape index (κ2) is 10.5. The highest BCUT2D eigenvalue weighted by molar-refractivity contribution is 6.22. The van der Waals surface area contributed by atoms with E-state index in [4.69, 9.17) is 9.15 Å². The minimum Gasteiger partial charge on any atom is -0.465 e. The summed E-state index contributed by atoms with van der Waals surface area (Å²) >= 11 is 0. The Bertz CT molecular complexity index is 1210. The van der Waals surface area contributed by atoms with Crippen molar-refractivity contribution in [2.24, 2.45) is 0 Å². The highest BCUT2D eigenvalue weighted by atomic mass is 16.5. The van der Waals surface area contributed by atoms with Gasteiger partial charge in [0.2, 0.25) is 5.91 Å². The summed E-state index contributed by atoms with van der Waals surface area (Å²) in [7, 11) is 0. The fourth-order valence-electron chi connectivity index (χ4n) is 4.88. The van der Waals surface area contributed by atoms with Crippen molar-refractivity contribution in [3.63, 3.8) is 0 Å². The predicted octanol–water partition coefficient (Wildman–Crippen LogP) is 2.99. The van der Waals surface area contributed by atoms with Gasteiger partial charge >= 0.3 is 0 Å². The van der Waals surface area contributed by atoms with Gasteiger partial charge < -0.3 is 14.5 Å². The van der Waals surface area contributed by atoms with Gasteiger partial charge in [-0.3, -0.25) is 24.2 Å². The number of furan rings is 1. The molecule has 0 spiro atoms. The average molecular weight is 488 g/mol. The van der Waals surface area contributed by atoms with Crippen LogP contribution >= 0.6 is 0 Å². The van der Waals surface area contributed by atoms with Crippen LogP contribution in [-0.2, 0) is 16.0 Å². The van der Waals surface area contributed by atoms with Gasteiger partial charge in [-0.2, -0.15) is 0 Å². The first-order valence-electron chi connectivity index (χ1n) is 12.2. The van der Waals surface area contributed by atoms with E-state index < -0.39 is 17.9 Å². The summed E-state index contributed by atoms with van der Waals surface area (Å²) in [6.45, 7) is 4.81. The van der Waals surface area contributed by atoms with Crippen molar-refractivity contribution in [1.82, 2.24) is 15.1 Å². The number of nitrogens with one attached hydrogen (secondary N) is 1. The normalized spacial score (nSPS) is 17.6. The summed E-state index contributed by atoms with van der Waals surface area (Å²) in [5.41, 5.74) is 1.51. The molecule has 8 heteroatoms. The van der Waals surface area contributed by atoms with E-state index in [0.717, 1.165) is 22.0 Å². The fourth-order valence-corrected chi connectivity index (χ4v) is 4.88. The molecule has 1 unspecified atom stereocenters. The molecule has 3 aromatic rings. The van der Waals surface area contributed by atoms with Crippen molar-refractivity contribution in [1.29, 1.82) is 0 Å². The summed E-state index contributed by atoms with van der Waals surface area (Å²) in [6, 6.07) is 18.8. The lowest BCUT2D eigenvalue weighted by molar-refractivity contribution is -0.125. The van der Waals surface area contributed by atoms with Crippen LogP contribution in [0.25, 0.3) is 0 Å². The Morgan fingerprint density at radius 2 is 1.56 bits per heavy atom. The van der Waals surface area contributed by atoms with Crippen LogP contribution in [0.3, 0.4) is 0 Å². The molecule has 1 aromatic heterocycles. The zero-order valence-corrected chi connectivity index (χ0v) is 20.2. The number of benzene rings is 2. The van der Waals surface area contributed by atoms with Crippen LogP contribution in [0.5, 0.6) is 0 Å². The summed E-state index contributed by atoms with van der Waals surface area (Å²) in [5.74, 6) is 0.281. The minimum atomic E-state index is -0.983. The molecule has 36 heavy (non-hydrogen) atoms. The number of rotatable bonds is 8. The molecule has 0 saturated carbocycles. The van der Waals surface area contributed by atoms with Gasteiger partial charge in [0.05, 0.1) is 30.4 Å². The predicted molar refractivity (Wildman–Crippen MR) is 132 cm³/mol. The third-order valence-corrected chi connectivity index (χ3v) is 6.76. The quantitative estimate of drug-likeness (QED) is 0.491. The molecule has 2 aliphatic heterocycles. The number of amides is 3. The van der Waals surface area contributed by atoms with Crippen molar-refractivity contribution >= 4 is 17.7 Å². The van der Waals surface area contributed by atoms with Crippen LogP contribution < -0.4 is 5.32 Å². The number of ether oxygens (including phenoxy) is 1. The largest absolute Gasteiger partial charge is 0.465 e. The number of aryl methyl sites for hydroxylation is 1. The molecule has 3 amide bonds. The lowest BCUT2D eigenvalue weighted by Gasteiger charge is -2.34. The van der Waals surface area contributed by atoms with E-state index in [9.17, 15) is 14.4 Å². The molecule has 5 rings (SSSR count). The van der Waals surface area contributed by atoms with E-state index in [0.29, 0.717) is 37.4 Å². The number of imide groups is 1. The first kappa shape index (κ1) is 24.0. The third-order valence-electron chi connectivity index (χ3n) is 6.76. The number of hydrogen-bond acceptors (Lipinski definition) is 6. The Balaban J connectivity index is 1.39. The van der Waals surface area contributed by atoms with Crippen LogP contribution in [0, 0.1) is 6.92 Å². The van der Waals surface area contributed by atoms with Gasteiger partial charge in [0, 0.05) is 26.1 Å². The summed E-state index contributed by atoms with van der Waals surface area (Å²) in [4.78, 5) is 43.5. The van der Waals surface area contributed by atoms with Crippen molar-refractivity contribution in [2.75, 3.05) is 32.8 Å². The van der Waals surface area contributed by atoms with Gasteiger partial charge in [0.1, 0.15) is 17.6 Å². The Morgan fingerprint density at radius 3 is 2.17 bits per heavy atom. The molecular formula is C28H29N3O5. The first-order valence-corrected chi connectivity index (χ1v) is 12.2. The second-order valence-electron chi connectivity index (χ2n) is 9.09. The molecule has 0 bridgehead atoms. The van der Waals surface area contributed by atoms with Gasteiger partial charge in [-0.25, -0.2) is 0 Å². The number of morpholine rings is 1. The molecule has 8 nitrogen and oxygen atoms in total. The van der Waals surface area contributed by atoms with Crippen molar-refractivity contribution in [3.05, 3.63) is 94.9 Å². The molecule has 1 N–H and O–H groups in total. The first-order chi connectivity index (χ1) is 17.5. The topological polar surface area (TPSA) is 92.1 Å². The maximum Gasteiger partial charge on any atom is 0.262 e. The molecule has 0 aliphatic carbocycles. The van der Waals surface area contributed by atoms with Crippen LogP contribution in [0.2, 0.25) is 0 Å². The number of carbonyl (C=O) groups is 3. The smallest absolute Gasteiger partial charge is 0.262 e. The number of hydrogen-bond donors (Lipinski definition) is 1. The average Bonchev–Trinajstić information content (AvgIpc) is 3.45. The van der Waals surface area contributed by atoms with Crippen molar-refractivity contribution in [2.45, 2.75) is 25.4 Å². The van der Waals surface area contributed by atoms with Gasteiger partial charge in [0.15, 0.2) is 0 Å². The lowest BCUT2D eigenvalue weighted by atomic mass is 10.0. The van der Waals surface area contributed by atoms with E-state index in [1.807, 2.05) is 49.4 Å². The van der Waals surface area contributed by atoms with Crippen LogP contribution in [0.15, 0.2) is 71.1 Å². The van der Waals surface area contributed by atoms with Gasteiger partial charge in [-0.1, -0.05) is 42.5 Å². The van der Waals surface area contributed by atoms with Crippen molar-refractivity contribution in [3.8, 4) is 0 Å². The molecule has 2 aliphatic rings. The second-order valence-corrected chi connectivity index (χ2v) is 9.09. The maximum absolute atomic E-state index is 13.7. The zero-order chi connectivity index (χ0) is 25.1. The fraction of sp³-hybridized carbons (Fsp3) is 0.321. The molecule has 2 atom stereocenters.